The maximum atomic E-state index is 13.8. The lowest BCUT2D eigenvalue weighted by Crippen LogP contribution is -2.15. The van der Waals surface area contributed by atoms with Crippen molar-refractivity contribution in [2.24, 2.45) is 0 Å². The summed E-state index contributed by atoms with van der Waals surface area (Å²) in [5.41, 5.74) is 8.21. The average Bonchev–Trinajstić information content (AvgIpc) is 2.36. The van der Waals surface area contributed by atoms with Gasteiger partial charge in [0.1, 0.15) is 5.82 Å². The van der Waals surface area contributed by atoms with E-state index in [2.05, 4.69) is 5.32 Å². The van der Waals surface area contributed by atoms with Crippen LogP contribution in [0.1, 0.15) is 21.5 Å². The van der Waals surface area contributed by atoms with E-state index in [-0.39, 0.29) is 5.56 Å². The zero-order chi connectivity index (χ0) is 14.0. The zero-order valence-electron chi connectivity index (χ0n) is 10.8. The van der Waals surface area contributed by atoms with Crippen LogP contribution in [0, 0.1) is 19.7 Å². The lowest BCUT2D eigenvalue weighted by molar-refractivity contribution is 0.102. The van der Waals surface area contributed by atoms with Gasteiger partial charge in [0.05, 0.1) is 5.56 Å². The number of carbonyl (C=O) groups is 1. The van der Waals surface area contributed by atoms with E-state index in [9.17, 15) is 9.18 Å². The normalized spacial score (nSPS) is 10.3. The molecule has 2 rings (SSSR count). The molecule has 0 fully saturated rings. The van der Waals surface area contributed by atoms with Gasteiger partial charge in [0, 0.05) is 11.4 Å². The summed E-state index contributed by atoms with van der Waals surface area (Å²) in [6.45, 7) is 3.46. The molecule has 3 N–H and O–H groups in total. The SMILES string of the molecule is Cc1cc(N)ccc1NC(=O)c1cccc(C)c1F. The van der Waals surface area contributed by atoms with E-state index in [4.69, 9.17) is 5.73 Å². The van der Waals surface area contributed by atoms with E-state index < -0.39 is 11.7 Å². The number of hydrogen-bond donors (Lipinski definition) is 2. The third kappa shape index (κ3) is 2.73. The number of rotatable bonds is 2. The second kappa shape index (κ2) is 5.10. The molecule has 0 radical (unpaired) electrons. The highest BCUT2D eigenvalue weighted by Crippen LogP contribution is 2.19. The third-order valence-electron chi connectivity index (χ3n) is 2.94. The molecule has 0 spiro atoms. The van der Waals surface area contributed by atoms with Gasteiger partial charge in [-0.1, -0.05) is 12.1 Å². The molecule has 3 nitrogen and oxygen atoms in total. The van der Waals surface area contributed by atoms with Crippen LogP contribution in [-0.4, -0.2) is 5.91 Å². The number of hydrogen-bond acceptors (Lipinski definition) is 2. The maximum Gasteiger partial charge on any atom is 0.258 e. The van der Waals surface area contributed by atoms with Crippen molar-refractivity contribution in [2.45, 2.75) is 13.8 Å². The summed E-state index contributed by atoms with van der Waals surface area (Å²) in [6.07, 6.45) is 0. The monoisotopic (exact) mass is 258 g/mol. The van der Waals surface area contributed by atoms with Crippen LogP contribution in [0.2, 0.25) is 0 Å². The molecule has 1 amide bonds. The fourth-order valence-electron chi connectivity index (χ4n) is 1.84. The van der Waals surface area contributed by atoms with Crippen LogP contribution in [0.25, 0.3) is 0 Å². The van der Waals surface area contributed by atoms with Gasteiger partial charge in [-0.05, 0) is 49.2 Å². The molecule has 0 heterocycles. The summed E-state index contributed by atoms with van der Waals surface area (Å²) in [4.78, 5) is 12.0. The van der Waals surface area contributed by atoms with Crippen LogP contribution in [0.5, 0.6) is 0 Å². The number of nitrogen functional groups attached to an aromatic ring is 1. The molecular weight excluding hydrogens is 243 g/mol. The highest BCUT2D eigenvalue weighted by atomic mass is 19.1. The smallest absolute Gasteiger partial charge is 0.258 e. The Bertz CT molecular complexity index is 638. The van der Waals surface area contributed by atoms with E-state index in [1.165, 1.54) is 6.07 Å². The number of anilines is 2. The lowest BCUT2D eigenvalue weighted by atomic mass is 10.1. The standard InChI is InChI=1S/C15H15FN2O/c1-9-4-3-5-12(14(9)16)15(19)18-13-7-6-11(17)8-10(13)2/h3-8H,17H2,1-2H3,(H,18,19). The Morgan fingerprint density at radius 1 is 1.16 bits per heavy atom. The maximum absolute atomic E-state index is 13.8. The van der Waals surface area contributed by atoms with Gasteiger partial charge >= 0.3 is 0 Å². The molecule has 19 heavy (non-hydrogen) atoms. The van der Waals surface area contributed by atoms with Gasteiger partial charge in [-0.15, -0.1) is 0 Å². The Morgan fingerprint density at radius 2 is 1.89 bits per heavy atom. The van der Waals surface area contributed by atoms with E-state index in [0.717, 1.165) is 5.56 Å². The van der Waals surface area contributed by atoms with Crippen LogP contribution in [0.15, 0.2) is 36.4 Å². The zero-order valence-corrected chi connectivity index (χ0v) is 10.8. The average molecular weight is 258 g/mol. The van der Waals surface area contributed by atoms with Gasteiger partial charge in [-0.2, -0.15) is 0 Å². The fraction of sp³-hybridized carbons (Fsp3) is 0.133. The fourth-order valence-corrected chi connectivity index (χ4v) is 1.84. The summed E-state index contributed by atoms with van der Waals surface area (Å²) in [5, 5.41) is 2.69. The van der Waals surface area contributed by atoms with Gasteiger partial charge in [0.25, 0.3) is 5.91 Å². The quantitative estimate of drug-likeness (QED) is 0.812. The second-order valence-corrected chi connectivity index (χ2v) is 4.46. The molecule has 0 saturated carbocycles. The summed E-state index contributed by atoms with van der Waals surface area (Å²) in [6, 6.07) is 9.89. The van der Waals surface area contributed by atoms with E-state index in [1.54, 1.807) is 37.3 Å². The topological polar surface area (TPSA) is 55.1 Å². The van der Waals surface area contributed by atoms with E-state index in [0.29, 0.717) is 16.9 Å². The summed E-state index contributed by atoms with van der Waals surface area (Å²) < 4.78 is 13.8. The van der Waals surface area contributed by atoms with Gasteiger partial charge in [-0.25, -0.2) is 4.39 Å². The number of nitrogens with one attached hydrogen (secondary N) is 1. The largest absolute Gasteiger partial charge is 0.399 e. The number of halogens is 1. The van der Waals surface area contributed by atoms with E-state index >= 15 is 0 Å². The molecule has 2 aromatic rings. The van der Waals surface area contributed by atoms with Gasteiger partial charge < -0.3 is 11.1 Å². The first-order valence-electron chi connectivity index (χ1n) is 5.91. The third-order valence-corrected chi connectivity index (χ3v) is 2.94. The second-order valence-electron chi connectivity index (χ2n) is 4.46. The molecule has 0 aliphatic carbocycles. The van der Waals surface area contributed by atoms with Crippen LogP contribution >= 0.6 is 0 Å². The first kappa shape index (κ1) is 13.1. The predicted molar refractivity (Wildman–Crippen MR) is 74.7 cm³/mol. The van der Waals surface area contributed by atoms with Gasteiger partial charge in [0.15, 0.2) is 0 Å². The van der Waals surface area contributed by atoms with Crippen LogP contribution in [-0.2, 0) is 0 Å². The minimum Gasteiger partial charge on any atom is -0.399 e. The Balaban J connectivity index is 2.28. The van der Waals surface area contributed by atoms with Crippen molar-refractivity contribution in [3.05, 3.63) is 58.9 Å². The molecule has 0 unspecified atom stereocenters. The highest BCUT2D eigenvalue weighted by Gasteiger charge is 2.13. The summed E-state index contributed by atoms with van der Waals surface area (Å²) in [7, 11) is 0. The molecule has 0 bridgehead atoms. The van der Waals surface area contributed by atoms with Crippen molar-refractivity contribution in [3.63, 3.8) is 0 Å². The number of carbonyl (C=O) groups excluding carboxylic acids is 1. The minimum absolute atomic E-state index is 0.0382. The van der Waals surface area contributed by atoms with Crippen molar-refractivity contribution in [2.75, 3.05) is 11.1 Å². The van der Waals surface area contributed by atoms with Crippen LogP contribution < -0.4 is 11.1 Å². The molecule has 98 valence electrons. The minimum atomic E-state index is -0.493. The van der Waals surface area contributed by atoms with Crippen molar-refractivity contribution in [3.8, 4) is 0 Å². The Morgan fingerprint density at radius 3 is 2.58 bits per heavy atom. The van der Waals surface area contributed by atoms with Gasteiger partial charge in [0.2, 0.25) is 0 Å². The van der Waals surface area contributed by atoms with Gasteiger partial charge in [-0.3, -0.25) is 4.79 Å². The number of aryl methyl sites for hydroxylation is 2. The number of nitrogens with two attached hydrogens (primary N) is 1. The molecule has 0 aromatic heterocycles. The molecule has 0 aliphatic heterocycles. The first-order valence-corrected chi connectivity index (χ1v) is 5.91. The number of benzene rings is 2. The molecule has 0 aliphatic rings. The lowest BCUT2D eigenvalue weighted by Gasteiger charge is -2.10. The molecule has 0 atom stereocenters. The molecule has 2 aromatic carbocycles. The first-order chi connectivity index (χ1) is 8.99. The van der Waals surface area contributed by atoms with Crippen molar-refractivity contribution in [1.82, 2.24) is 0 Å². The molecule has 0 saturated heterocycles. The van der Waals surface area contributed by atoms with Crippen LogP contribution in [0.3, 0.4) is 0 Å². The summed E-state index contributed by atoms with van der Waals surface area (Å²) >= 11 is 0. The Hall–Kier alpha value is -2.36. The van der Waals surface area contributed by atoms with Crippen LogP contribution in [0.4, 0.5) is 15.8 Å². The molecule has 4 heteroatoms. The van der Waals surface area contributed by atoms with Crippen molar-refractivity contribution in [1.29, 1.82) is 0 Å². The van der Waals surface area contributed by atoms with Crippen molar-refractivity contribution >= 4 is 17.3 Å². The Labute approximate surface area is 111 Å². The van der Waals surface area contributed by atoms with E-state index in [1.807, 2.05) is 6.92 Å². The summed E-state index contributed by atoms with van der Waals surface area (Å²) in [5.74, 6) is -0.956. The predicted octanol–water partition coefficient (Wildman–Crippen LogP) is 3.28. The van der Waals surface area contributed by atoms with Crippen molar-refractivity contribution < 1.29 is 9.18 Å². The molecular formula is C15H15FN2O. The number of amides is 1. The highest BCUT2D eigenvalue weighted by molar-refractivity contribution is 6.05. The Kier molecular flexibility index (Phi) is 3.51.